The van der Waals surface area contributed by atoms with E-state index in [0.29, 0.717) is 0 Å². The number of ether oxygens (including phenoxy) is 2. The SMILES string of the molecule is COC(=O)C1C(C)OC(=O)N1c1ccc(C#N)c(C(F)(F)F)c1C. The van der Waals surface area contributed by atoms with Gasteiger partial charge in [-0.25, -0.2) is 9.59 Å². The van der Waals surface area contributed by atoms with Crippen LogP contribution < -0.4 is 4.90 Å². The van der Waals surface area contributed by atoms with Crippen molar-refractivity contribution in [2.45, 2.75) is 32.2 Å². The molecule has 0 radical (unpaired) electrons. The average Bonchev–Trinajstić information content (AvgIpc) is 2.79. The van der Waals surface area contributed by atoms with E-state index < -0.39 is 41.5 Å². The molecule has 0 bridgehead atoms. The summed E-state index contributed by atoms with van der Waals surface area (Å²) in [6.07, 6.45) is -6.64. The fourth-order valence-corrected chi connectivity index (χ4v) is 2.69. The number of halogens is 3. The average molecular weight is 342 g/mol. The van der Waals surface area contributed by atoms with Crippen LogP contribution in [0.1, 0.15) is 23.6 Å². The van der Waals surface area contributed by atoms with Crippen LogP contribution in [-0.2, 0) is 20.4 Å². The van der Waals surface area contributed by atoms with Crippen molar-refractivity contribution in [2.24, 2.45) is 0 Å². The number of methoxy groups -OCH3 is 1. The first-order valence-electron chi connectivity index (χ1n) is 6.82. The third-order valence-corrected chi connectivity index (χ3v) is 3.75. The Labute approximate surface area is 135 Å². The van der Waals surface area contributed by atoms with Crippen LogP contribution in [0.2, 0.25) is 0 Å². The van der Waals surface area contributed by atoms with Crippen molar-refractivity contribution in [3.63, 3.8) is 0 Å². The van der Waals surface area contributed by atoms with Gasteiger partial charge in [0, 0.05) is 0 Å². The fourth-order valence-electron chi connectivity index (χ4n) is 2.69. The number of rotatable bonds is 2. The maximum atomic E-state index is 13.3. The summed E-state index contributed by atoms with van der Waals surface area (Å²) >= 11 is 0. The Morgan fingerprint density at radius 1 is 1.42 bits per heavy atom. The van der Waals surface area contributed by atoms with Crippen molar-refractivity contribution in [2.75, 3.05) is 12.0 Å². The molecule has 2 atom stereocenters. The predicted molar refractivity (Wildman–Crippen MR) is 75.1 cm³/mol. The second-order valence-electron chi connectivity index (χ2n) is 5.17. The van der Waals surface area contributed by atoms with Crippen LogP contribution in [0.5, 0.6) is 0 Å². The van der Waals surface area contributed by atoms with Gasteiger partial charge in [-0.2, -0.15) is 18.4 Å². The van der Waals surface area contributed by atoms with Crippen molar-refractivity contribution >= 4 is 17.7 Å². The Hall–Kier alpha value is -2.76. The van der Waals surface area contributed by atoms with Crippen LogP contribution in [0.25, 0.3) is 0 Å². The highest BCUT2D eigenvalue weighted by molar-refractivity contribution is 5.99. The minimum absolute atomic E-state index is 0.161. The minimum Gasteiger partial charge on any atom is -0.467 e. The van der Waals surface area contributed by atoms with Crippen LogP contribution in [0.3, 0.4) is 0 Å². The van der Waals surface area contributed by atoms with Crippen LogP contribution >= 0.6 is 0 Å². The molecule has 6 nitrogen and oxygen atoms in total. The van der Waals surface area contributed by atoms with E-state index >= 15 is 0 Å². The van der Waals surface area contributed by atoms with Gasteiger partial charge >= 0.3 is 18.2 Å². The van der Waals surface area contributed by atoms with E-state index in [1.807, 2.05) is 0 Å². The maximum absolute atomic E-state index is 13.3. The van der Waals surface area contributed by atoms with Gasteiger partial charge in [0.2, 0.25) is 0 Å². The van der Waals surface area contributed by atoms with Gasteiger partial charge in [0.05, 0.1) is 30.0 Å². The quantitative estimate of drug-likeness (QED) is 0.772. The Kier molecular flexibility index (Phi) is 4.42. The van der Waals surface area contributed by atoms with E-state index in [2.05, 4.69) is 4.74 Å². The number of esters is 1. The number of hydrogen-bond acceptors (Lipinski definition) is 5. The molecule has 2 rings (SSSR count). The third-order valence-electron chi connectivity index (χ3n) is 3.75. The number of alkyl halides is 3. The number of anilines is 1. The lowest BCUT2D eigenvalue weighted by molar-refractivity contribution is -0.143. The molecule has 1 amide bonds. The molecule has 1 saturated heterocycles. The highest BCUT2D eigenvalue weighted by atomic mass is 19.4. The van der Waals surface area contributed by atoms with E-state index in [9.17, 15) is 22.8 Å². The highest BCUT2D eigenvalue weighted by Crippen LogP contribution is 2.40. The molecular formula is C15H13F3N2O4. The van der Waals surface area contributed by atoms with Gasteiger partial charge in [0.25, 0.3) is 0 Å². The summed E-state index contributed by atoms with van der Waals surface area (Å²) in [5, 5.41) is 8.91. The molecule has 9 heteroatoms. The number of hydrogen-bond donors (Lipinski definition) is 0. The molecule has 1 aliphatic rings. The Morgan fingerprint density at radius 2 is 2.04 bits per heavy atom. The van der Waals surface area contributed by atoms with Crippen LogP contribution in [0.15, 0.2) is 12.1 Å². The van der Waals surface area contributed by atoms with E-state index in [4.69, 9.17) is 10.00 Å². The first-order chi connectivity index (χ1) is 11.1. The number of benzene rings is 1. The van der Waals surface area contributed by atoms with E-state index in [0.717, 1.165) is 25.0 Å². The molecule has 1 aromatic carbocycles. The zero-order valence-corrected chi connectivity index (χ0v) is 13.0. The van der Waals surface area contributed by atoms with Gasteiger partial charge in [-0.15, -0.1) is 0 Å². The summed E-state index contributed by atoms with van der Waals surface area (Å²) in [4.78, 5) is 24.8. The van der Waals surface area contributed by atoms with E-state index in [-0.39, 0.29) is 11.3 Å². The lowest BCUT2D eigenvalue weighted by atomic mass is 9.98. The maximum Gasteiger partial charge on any atom is 0.418 e. The van der Waals surface area contributed by atoms with Crippen molar-refractivity contribution in [3.05, 3.63) is 28.8 Å². The smallest absolute Gasteiger partial charge is 0.418 e. The monoisotopic (exact) mass is 342 g/mol. The molecule has 1 fully saturated rings. The fraction of sp³-hybridized carbons (Fsp3) is 0.400. The molecule has 24 heavy (non-hydrogen) atoms. The Morgan fingerprint density at radius 3 is 2.54 bits per heavy atom. The van der Waals surface area contributed by atoms with E-state index in [1.165, 1.54) is 19.1 Å². The third kappa shape index (κ3) is 2.75. The lowest BCUT2D eigenvalue weighted by Crippen LogP contribution is -2.43. The zero-order valence-electron chi connectivity index (χ0n) is 13.0. The molecule has 0 spiro atoms. The summed E-state index contributed by atoms with van der Waals surface area (Å²) in [6, 6.07) is 2.40. The number of carbonyl (C=O) groups excluding carboxylic acids is 2. The van der Waals surface area contributed by atoms with Crippen LogP contribution in [0.4, 0.5) is 23.7 Å². The van der Waals surface area contributed by atoms with Gasteiger partial charge in [0.15, 0.2) is 6.04 Å². The van der Waals surface area contributed by atoms with Gasteiger partial charge in [-0.05, 0) is 31.5 Å². The summed E-state index contributed by atoms with van der Waals surface area (Å²) in [7, 11) is 1.10. The summed E-state index contributed by atoms with van der Waals surface area (Å²) < 4.78 is 49.4. The highest BCUT2D eigenvalue weighted by Gasteiger charge is 2.47. The lowest BCUT2D eigenvalue weighted by Gasteiger charge is -2.24. The van der Waals surface area contributed by atoms with Crippen LogP contribution in [0, 0.1) is 18.3 Å². The molecule has 0 N–H and O–H groups in total. The number of nitrogens with zero attached hydrogens (tertiary/aromatic N) is 2. The van der Waals surface area contributed by atoms with Crippen molar-refractivity contribution < 1.29 is 32.2 Å². The molecule has 1 aliphatic heterocycles. The summed E-state index contributed by atoms with van der Waals surface area (Å²) in [5.41, 5.74) is -2.23. The second kappa shape index (κ2) is 6.03. The van der Waals surface area contributed by atoms with Gasteiger partial charge in [0.1, 0.15) is 6.10 Å². The van der Waals surface area contributed by atoms with Gasteiger partial charge in [-0.1, -0.05) is 0 Å². The predicted octanol–water partition coefficient (Wildman–Crippen LogP) is 2.77. The topological polar surface area (TPSA) is 79.6 Å². The molecular weight excluding hydrogens is 329 g/mol. The molecule has 0 aliphatic carbocycles. The van der Waals surface area contributed by atoms with Crippen LogP contribution in [-0.4, -0.2) is 31.3 Å². The van der Waals surface area contributed by atoms with Gasteiger partial charge in [-0.3, -0.25) is 4.90 Å². The molecule has 128 valence electrons. The second-order valence-corrected chi connectivity index (χ2v) is 5.17. The largest absolute Gasteiger partial charge is 0.467 e. The number of carbonyl (C=O) groups is 2. The Bertz CT molecular complexity index is 739. The van der Waals surface area contributed by atoms with Crippen molar-refractivity contribution in [3.8, 4) is 6.07 Å². The first-order valence-corrected chi connectivity index (χ1v) is 6.82. The molecule has 2 unspecified atom stereocenters. The van der Waals surface area contributed by atoms with Gasteiger partial charge < -0.3 is 9.47 Å². The normalized spacial score (nSPS) is 20.5. The molecule has 1 aromatic rings. The zero-order chi connectivity index (χ0) is 18.2. The Balaban J connectivity index is 2.66. The molecule has 0 aromatic heterocycles. The van der Waals surface area contributed by atoms with E-state index in [1.54, 1.807) is 0 Å². The first kappa shape index (κ1) is 17.6. The van der Waals surface area contributed by atoms with Crippen molar-refractivity contribution in [1.82, 2.24) is 0 Å². The molecule has 1 heterocycles. The molecule has 0 saturated carbocycles. The summed E-state index contributed by atoms with van der Waals surface area (Å²) in [6.45, 7) is 2.56. The number of nitriles is 1. The summed E-state index contributed by atoms with van der Waals surface area (Å²) in [5.74, 6) is -0.814. The van der Waals surface area contributed by atoms with Crippen molar-refractivity contribution in [1.29, 1.82) is 5.26 Å². The standard InChI is InChI=1S/C15H13F3N2O4/c1-7-10(5-4-9(6-19)11(7)15(16,17)18)20-12(13(21)23-3)8(2)24-14(20)22/h4-5,8,12H,1-3H3. The number of cyclic esters (lactones) is 1. The minimum atomic E-state index is -4.79. The number of amides is 1.